The molecule has 0 bridgehead atoms. The van der Waals surface area contributed by atoms with Crippen LogP contribution in [0.4, 0.5) is 15.9 Å². The van der Waals surface area contributed by atoms with Crippen molar-refractivity contribution in [3.8, 4) is 5.75 Å². The van der Waals surface area contributed by atoms with Gasteiger partial charge < -0.3 is 24.3 Å². The Hall–Kier alpha value is -4.40. The van der Waals surface area contributed by atoms with Crippen LogP contribution >= 0.6 is 0 Å². The topological polar surface area (TPSA) is 87.9 Å². The number of carbonyl (C=O) groups is 2. The van der Waals surface area contributed by atoms with Crippen molar-refractivity contribution in [1.29, 1.82) is 0 Å². The molecule has 0 radical (unpaired) electrons. The highest BCUT2D eigenvalue weighted by Crippen LogP contribution is 2.32. The maximum absolute atomic E-state index is 13.4. The number of amides is 2. The van der Waals surface area contributed by atoms with E-state index < -0.39 is 11.7 Å². The van der Waals surface area contributed by atoms with Crippen LogP contribution in [0.15, 0.2) is 77.3 Å². The second-order valence-corrected chi connectivity index (χ2v) is 8.06. The zero-order valence-electron chi connectivity index (χ0n) is 18.8. The summed E-state index contributed by atoms with van der Waals surface area (Å²) in [7, 11) is 0. The molecule has 1 fully saturated rings. The molecular weight excluding hydrogens is 451 g/mol. The van der Waals surface area contributed by atoms with E-state index in [0.29, 0.717) is 48.6 Å². The molecule has 2 aromatic heterocycles. The van der Waals surface area contributed by atoms with Crippen LogP contribution in [0.2, 0.25) is 0 Å². The summed E-state index contributed by atoms with van der Waals surface area (Å²) in [5.74, 6) is 0.160. The molecule has 3 heterocycles. The first-order chi connectivity index (χ1) is 17.1. The van der Waals surface area contributed by atoms with Crippen LogP contribution in [0.3, 0.4) is 0 Å². The van der Waals surface area contributed by atoms with Gasteiger partial charge in [0, 0.05) is 37.8 Å². The molecule has 0 atom stereocenters. The summed E-state index contributed by atoms with van der Waals surface area (Å²) < 4.78 is 24.4. The number of carbonyl (C=O) groups excluding carboxylic acids is 2. The molecular formula is C26H23FN4O4. The SMILES string of the molecule is O=C(COc1ccc(F)cc1)Nc1c(C(=O)N2CCN(c3ccccn3)CC2)oc2ccccc12. The van der Waals surface area contributed by atoms with Crippen molar-refractivity contribution in [2.24, 2.45) is 0 Å². The van der Waals surface area contributed by atoms with Crippen molar-refractivity contribution in [1.82, 2.24) is 9.88 Å². The maximum Gasteiger partial charge on any atom is 0.291 e. The van der Waals surface area contributed by atoms with E-state index in [9.17, 15) is 14.0 Å². The largest absolute Gasteiger partial charge is 0.484 e. The number of pyridine rings is 1. The average Bonchev–Trinajstić information content (AvgIpc) is 3.27. The van der Waals surface area contributed by atoms with Crippen LogP contribution < -0.4 is 15.0 Å². The number of fused-ring (bicyclic) bond motifs is 1. The highest BCUT2D eigenvalue weighted by atomic mass is 19.1. The number of nitrogens with one attached hydrogen (secondary N) is 1. The first-order valence-corrected chi connectivity index (χ1v) is 11.2. The van der Waals surface area contributed by atoms with Crippen LogP contribution in [-0.4, -0.2) is 54.5 Å². The van der Waals surface area contributed by atoms with Gasteiger partial charge >= 0.3 is 0 Å². The van der Waals surface area contributed by atoms with Gasteiger partial charge in [-0.25, -0.2) is 9.37 Å². The summed E-state index contributed by atoms with van der Waals surface area (Å²) >= 11 is 0. The third kappa shape index (κ3) is 4.93. The summed E-state index contributed by atoms with van der Waals surface area (Å²) in [5.41, 5.74) is 0.809. The fourth-order valence-electron chi connectivity index (χ4n) is 4.00. The number of para-hydroxylation sites is 1. The van der Waals surface area contributed by atoms with Gasteiger partial charge in [0.05, 0.1) is 0 Å². The third-order valence-corrected chi connectivity index (χ3v) is 5.78. The average molecular weight is 474 g/mol. The molecule has 0 saturated carbocycles. The number of benzene rings is 2. The minimum Gasteiger partial charge on any atom is -0.484 e. The van der Waals surface area contributed by atoms with Crippen LogP contribution in [0.5, 0.6) is 5.75 Å². The van der Waals surface area contributed by atoms with E-state index in [1.54, 1.807) is 29.3 Å². The second kappa shape index (κ2) is 9.84. The molecule has 178 valence electrons. The number of aromatic nitrogens is 1. The zero-order valence-corrected chi connectivity index (χ0v) is 18.8. The summed E-state index contributed by atoms with van der Waals surface area (Å²) in [6, 6.07) is 18.3. The van der Waals surface area contributed by atoms with Gasteiger partial charge in [-0.2, -0.15) is 0 Å². The Balaban J connectivity index is 1.30. The fraction of sp³-hybridized carbons (Fsp3) is 0.192. The lowest BCUT2D eigenvalue weighted by Gasteiger charge is -2.35. The standard InChI is InChI=1S/C26H23FN4O4/c27-18-8-10-19(11-9-18)34-17-23(32)29-24-20-5-1-2-6-21(20)35-25(24)26(33)31-15-13-30(14-16-31)22-7-3-4-12-28-22/h1-12H,13-17H2,(H,29,32). The Kier molecular flexibility index (Phi) is 6.30. The van der Waals surface area contributed by atoms with Crippen molar-refractivity contribution in [2.75, 3.05) is 43.0 Å². The number of ether oxygens (including phenoxy) is 1. The molecule has 1 saturated heterocycles. The number of piperazine rings is 1. The monoisotopic (exact) mass is 474 g/mol. The van der Waals surface area contributed by atoms with E-state index in [4.69, 9.17) is 9.15 Å². The molecule has 2 aromatic carbocycles. The number of furan rings is 1. The van der Waals surface area contributed by atoms with Crippen molar-refractivity contribution in [3.05, 3.63) is 84.5 Å². The highest BCUT2D eigenvalue weighted by Gasteiger charge is 2.29. The lowest BCUT2D eigenvalue weighted by Crippen LogP contribution is -2.49. The fourth-order valence-corrected chi connectivity index (χ4v) is 4.00. The molecule has 0 aliphatic carbocycles. The highest BCUT2D eigenvalue weighted by molar-refractivity contribution is 6.11. The summed E-state index contributed by atoms with van der Waals surface area (Å²) in [6.07, 6.45) is 1.75. The van der Waals surface area contributed by atoms with Crippen LogP contribution in [0, 0.1) is 5.82 Å². The smallest absolute Gasteiger partial charge is 0.291 e. The summed E-state index contributed by atoms with van der Waals surface area (Å²) in [4.78, 5) is 34.3. The van der Waals surface area contributed by atoms with E-state index in [0.717, 1.165) is 5.82 Å². The first-order valence-electron chi connectivity index (χ1n) is 11.2. The predicted octanol–water partition coefficient (Wildman–Crippen LogP) is 3.95. The molecule has 0 spiro atoms. The molecule has 1 aliphatic rings. The van der Waals surface area contributed by atoms with Crippen molar-refractivity contribution in [3.63, 3.8) is 0 Å². The van der Waals surface area contributed by atoms with Crippen LogP contribution in [-0.2, 0) is 4.79 Å². The molecule has 4 aromatic rings. The van der Waals surface area contributed by atoms with Crippen molar-refractivity contribution < 1.29 is 23.1 Å². The van der Waals surface area contributed by atoms with Gasteiger partial charge in [0.15, 0.2) is 6.61 Å². The normalized spacial score (nSPS) is 13.6. The minimum atomic E-state index is -0.463. The molecule has 5 rings (SSSR count). The van der Waals surface area contributed by atoms with Gasteiger partial charge in [-0.05, 0) is 48.5 Å². The molecule has 2 amide bonds. The van der Waals surface area contributed by atoms with E-state index in [1.165, 1.54) is 24.3 Å². The summed E-state index contributed by atoms with van der Waals surface area (Å²) in [5, 5.41) is 3.39. The van der Waals surface area contributed by atoms with Crippen molar-refractivity contribution in [2.45, 2.75) is 0 Å². The lowest BCUT2D eigenvalue weighted by molar-refractivity contribution is -0.118. The molecule has 35 heavy (non-hydrogen) atoms. The third-order valence-electron chi connectivity index (χ3n) is 5.78. The number of hydrogen-bond acceptors (Lipinski definition) is 6. The number of hydrogen-bond donors (Lipinski definition) is 1. The van der Waals surface area contributed by atoms with E-state index in [1.807, 2.05) is 24.3 Å². The second-order valence-electron chi connectivity index (χ2n) is 8.06. The van der Waals surface area contributed by atoms with Crippen molar-refractivity contribution >= 4 is 34.3 Å². The molecule has 8 nitrogen and oxygen atoms in total. The first kappa shape index (κ1) is 22.4. The zero-order chi connectivity index (χ0) is 24.2. The molecule has 9 heteroatoms. The van der Waals surface area contributed by atoms with Gasteiger partial charge in [0.1, 0.15) is 28.7 Å². The Labute approximate surface area is 200 Å². The van der Waals surface area contributed by atoms with Gasteiger partial charge in [-0.3, -0.25) is 9.59 Å². The number of halogens is 1. The van der Waals surface area contributed by atoms with Crippen LogP contribution in [0.1, 0.15) is 10.6 Å². The minimum absolute atomic E-state index is 0.0765. The predicted molar refractivity (Wildman–Crippen MR) is 129 cm³/mol. The Morgan fingerprint density at radius 3 is 2.46 bits per heavy atom. The quantitative estimate of drug-likeness (QED) is 0.455. The van der Waals surface area contributed by atoms with Gasteiger partial charge in [0.2, 0.25) is 5.76 Å². The Morgan fingerprint density at radius 2 is 1.71 bits per heavy atom. The number of rotatable bonds is 6. The van der Waals surface area contributed by atoms with Gasteiger partial charge in [0.25, 0.3) is 11.8 Å². The van der Waals surface area contributed by atoms with E-state index in [-0.39, 0.29) is 18.3 Å². The number of anilines is 2. The maximum atomic E-state index is 13.4. The molecule has 1 N–H and O–H groups in total. The Morgan fingerprint density at radius 1 is 0.971 bits per heavy atom. The van der Waals surface area contributed by atoms with E-state index in [2.05, 4.69) is 15.2 Å². The molecule has 1 aliphatic heterocycles. The van der Waals surface area contributed by atoms with Gasteiger partial charge in [-0.1, -0.05) is 18.2 Å². The van der Waals surface area contributed by atoms with Crippen LogP contribution in [0.25, 0.3) is 11.0 Å². The number of nitrogens with zero attached hydrogens (tertiary/aromatic N) is 3. The Bertz CT molecular complexity index is 1330. The summed E-state index contributed by atoms with van der Waals surface area (Å²) in [6.45, 7) is 1.95. The van der Waals surface area contributed by atoms with E-state index >= 15 is 0 Å². The van der Waals surface area contributed by atoms with Gasteiger partial charge in [-0.15, -0.1) is 0 Å². The molecule has 0 unspecified atom stereocenters. The lowest BCUT2D eigenvalue weighted by atomic mass is 10.2.